The molecule has 3 N–H and O–H groups in total. The highest BCUT2D eigenvalue weighted by Crippen LogP contribution is 1.57. The SMILES string of the molecule is CC(=O)CN.CNCC(C)=O. The molecule has 0 amide bonds. The average Bonchev–Trinajstić information content (AvgIpc) is 1.89. The van der Waals surface area contributed by atoms with Crippen molar-refractivity contribution in [1.82, 2.24) is 5.32 Å². The van der Waals surface area contributed by atoms with Crippen LogP contribution in [0.1, 0.15) is 13.8 Å². The highest BCUT2D eigenvalue weighted by molar-refractivity contribution is 5.77. The molecular formula is C7H16N2O2. The van der Waals surface area contributed by atoms with Gasteiger partial charge in [0.25, 0.3) is 0 Å². The van der Waals surface area contributed by atoms with Crippen LogP contribution < -0.4 is 11.1 Å². The van der Waals surface area contributed by atoms with Crippen LogP contribution in [0.2, 0.25) is 0 Å². The van der Waals surface area contributed by atoms with Gasteiger partial charge in [0.05, 0.1) is 13.1 Å². The van der Waals surface area contributed by atoms with Crippen LogP contribution >= 0.6 is 0 Å². The number of carbonyl (C=O) groups is 2. The molecule has 0 atom stereocenters. The number of rotatable bonds is 3. The van der Waals surface area contributed by atoms with Crippen molar-refractivity contribution in [2.75, 3.05) is 20.1 Å². The summed E-state index contributed by atoms with van der Waals surface area (Å²) in [4.78, 5) is 19.7. The summed E-state index contributed by atoms with van der Waals surface area (Å²) in [6.45, 7) is 3.66. The molecule has 0 heterocycles. The monoisotopic (exact) mass is 160 g/mol. The molecule has 0 saturated heterocycles. The van der Waals surface area contributed by atoms with Crippen molar-refractivity contribution in [2.24, 2.45) is 5.73 Å². The Morgan fingerprint density at radius 1 is 1.27 bits per heavy atom. The molecular weight excluding hydrogens is 144 g/mol. The quantitative estimate of drug-likeness (QED) is 0.574. The van der Waals surface area contributed by atoms with Gasteiger partial charge in [-0.3, -0.25) is 9.59 Å². The molecule has 0 spiro atoms. The second-order valence-electron chi connectivity index (χ2n) is 2.14. The number of Topliss-reactive ketones (excluding diaryl/α,β-unsaturated/α-hetero) is 2. The molecule has 0 aliphatic carbocycles. The lowest BCUT2D eigenvalue weighted by molar-refractivity contribution is -0.116. The molecule has 0 aliphatic heterocycles. The van der Waals surface area contributed by atoms with Gasteiger partial charge in [0, 0.05) is 0 Å². The number of hydrogen-bond donors (Lipinski definition) is 2. The maximum atomic E-state index is 9.98. The predicted octanol–water partition coefficient (Wildman–Crippen LogP) is -0.671. The Morgan fingerprint density at radius 3 is 1.64 bits per heavy atom. The van der Waals surface area contributed by atoms with Gasteiger partial charge in [-0.2, -0.15) is 0 Å². The molecule has 0 aliphatic rings. The van der Waals surface area contributed by atoms with Gasteiger partial charge < -0.3 is 11.1 Å². The van der Waals surface area contributed by atoms with Crippen LogP contribution in [0.4, 0.5) is 0 Å². The topological polar surface area (TPSA) is 72.2 Å². The normalized spacial score (nSPS) is 8.00. The minimum absolute atomic E-state index is 0.0324. The number of ketones is 2. The van der Waals surface area contributed by atoms with Gasteiger partial charge in [0.15, 0.2) is 0 Å². The summed E-state index contributed by atoms with van der Waals surface area (Å²) in [5.41, 5.74) is 4.82. The van der Waals surface area contributed by atoms with E-state index >= 15 is 0 Å². The molecule has 0 radical (unpaired) electrons. The average molecular weight is 160 g/mol. The summed E-state index contributed by atoms with van der Waals surface area (Å²) >= 11 is 0. The van der Waals surface area contributed by atoms with E-state index in [1.165, 1.54) is 6.92 Å². The summed E-state index contributed by atoms with van der Waals surface area (Å²) in [6, 6.07) is 0. The first-order valence-electron chi connectivity index (χ1n) is 3.38. The van der Waals surface area contributed by atoms with Crippen molar-refractivity contribution in [3.8, 4) is 0 Å². The van der Waals surface area contributed by atoms with Crippen LogP contribution in [-0.4, -0.2) is 31.7 Å². The van der Waals surface area contributed by atoms with Crippen molar-refractivity contribution < 1.29 is 9.59 Å². The predicted molar refractivity (Wildman–Crippen MR) is 44.3 cm³/mol. The van der Waals surface area contributed by atoms with Gasteiger partial charge >= 0.3 is 0 Å². The lowest BCUT2D eigenvalue weighted by Gasteiger charge is -1.85. The fraction of sp³-hybridized carbons (Fsp3) is 0.714. The number of likely N-dealkylation sites (N-methyl/N-ethyl adjacent to an activating group) is 1. The Balaban J connectivity index is 0. The third-order valence-electron chi connectivity index (χ3n) is 0.713. The lowest BCUT2D eigenvalue weighted by atomic mass is 10.5. The highest BCUT2D eigenvalue weighted by atomic mass is 16.1. The second kappa shape index (κ2) is 9.26. The highest BCUT2D eigenvalue weighted by Gasteiger charge is 1.82. The summed E-state index contributed by atoms with van der Waals surface area (Å²) in [7, 11) is 1.75. The lowest BCUT2D eigenvalue weighted by Crippen LogP contribution is -2.14. The molecule has 0 bridgehead atoms. The molecule has 11 heavy (non-hydrogen) atoms. The van der Waals surface area contributed by atoms with E-state index in [9.17, 15) is 9.59 Å². The van der Waals surface area contributed by atoms with Crippen LogP contribution in [-0.2, 0) is 9.59 Å². The van der Waals surface area contributed by atoms with E-state index in [2.05, 4.69) is 5.32 Å². The van der Waals surface area contributed by atoms with E-state index in [-0.39, 0.29) is 18.1 Å². The zero-order chi connectivity index (χ0) is 9.28. The Hall–Kier alpha value is -0.740. The standard InChI is InChI=1S/C4H9NO.C3H7NO/c1-4(6)3-5-2;1-3(5)2-4/h5H,3H2,1-2H3;2,4H2,1H3. The zero-order valence-electron chi connectivity index (χ0n) is 7.31. The summed E-state index contributed by atoms with van der Waals surface area (Å²) < 4.78 is 0. The van der Waals surface area contributed by atoms with E-state index in [1.54, 1.807) is 14.0 Å². The van der Waals surface area contributed by atoms with E-state index in [1.807, 2.05) is 0 Å². The zero-order valence-corrected chi connectivity index (χ0v) is 7.31. The summed E-state index contributed by atoms with van der Waals surface area (Å²) in [5, 5.41) is 2.72. The van der Waals surface area contributed by atoms with Crippen LogP contribution in [0.25, 0.3) is 0 Å². The summed E-state index contributed by atoms with van der Waals surface area (Å²) in [5.74, 6) is 0.211. The van der Waals surface area contributed by atoms with Crippen molar-refractivity contribution in [3.05, 3.63) is 0 Å². The molecule has 0 rings (SSSR count). The Labute approximate surface area is 67.1 Å². The molecule has 4 nitrogen and oxygen atoms in total. The fourth-order valence-electron chi connectivity index (χ4n) is 0.249. The van der Waals surface area contributed by atoms with Crippen molar-refractivity contribution >= 4 is 11.6 Å². The molecule has 0 unspecified atom stereocenters. The van der Waals surface area contributed by atoms with E-state index < -0.39 is 0 Å². The largest absolute Gasteiger partial charge is 0.324 e. The number of carbonyl (C=O) groups excluding carboxylic acids is 2. The summed E-state index contributed by atoms with van der Waals surface area (Å²) in [6.07, 6.45) is 0. The number of nitrogens with two attached hydrogens (primary N) is 1. The van der Waals surface area contributed by atoms with Crippen LogP contribution in [0.3, 0.4) is 0 Å². The Bertz CT molecular complexity index is 124. The van der Waals surface area contributed by atoms with Crippen molar-refractivity contribution in [1.29, 1.82) is 0 Å². The number of nitrogens with one attached hydrogen (secondary N) is 1. The first kappa shape index (κ1) is 12.9. The molecule has 0 fully saturated rings. The third-order valence-corrected chi connectivity index (χ3v) is 0.713. The molecule has 0 saturated carbocycles. The molecule has 4 heteroatoms. The van der Waals surface area contributed by atoms with Gasteiger partial charge in [-0.25, -0.2) is 0 Å². The first-order valence-corrected chi connectivity index (χ1v) is 3.38. The van der Waals surface area contributed by atoms with Gasteiger partial charge in [0.1, 0.15) is 11.6 Å². The van der Waals surface area contributed by atoms with Gasteiger partial charge in [-0.05, 0) is 20.9 Å². The minimum Gasteiger partial charge on any atom is -0.324 e. The van der Waals surface area contributed by atoms with Crippen LogP contribution in [0.5, 0.6) is 0 Å². The molecule has 66 valence electrons. The minimum atomic E-state index is 0.0324. The maximum absolute atomic E-state index is 9.98. The second-order valence-corrected chi connectivity index (χ2v) is 2.14. The van der Waals surface area contributed by atoms with Gasteiger partial charge in [-0.15, -0.1) is 0 Å². The van der Waals surface area contributed by atoms with Gasteiger partial charge in [0.2, 0.25) is 0 Å². The third kappa shape index (κ3) is 26.9. The Morgan fingerprint density at radius 2 is 1.64 bits per heavy atom. The van der Waals surface area contributed by atoms with Crippen LogP contribution in [0, 0.1) is 0 Å². The smallest absolute Gasteiger partial charge is 0.143 e. The van der Waals surface area contributed by atoms with E-state index in [0.717, 1.165) is 0 Å². The van der Waals surface area contributed by atoms with Gasteiger partial charge in [-0.1, -0.05) is 0 Å². The molecule has 0 aromatic carbocycles. The molecule has 0 aromatic heterocycles. The number of hydrogen-bond acceptors (Lipinski definition) is 4. The van der Waals surface area contributed by atoms with Crippen molar-refractivity contribution in [3.63, 3.8) is 0 Å². The fourth-order valence-corrected chi connectivity index (χ4v) is 0.249. The van der Waals surface area contributed by atoms with E-state index in [0.29, 0.717) is 6.54 Å². The van der Waals surface area contributed by atoms with Crippen molar-refractivity contribution in [2.45, 2.75) is 13.8 Å². The Kier molecular flexibility index (Phi) is 10.9. The first-order chi connectivity index (χ1) is 5.04. The molecule has 0 aromatic rings. The van der Waals surface area contributed by atoms with Crippen LogP contribution in [0.15, 0.2) is 0 Å². The maximum Gasteiger partial charge on any atom is 0.143 e. The van der Waals surface area contributed by atoms with E-state index in [4.69, 9.17) is 5.73 Å².